The van der Waals surface area contributed by atoms with Gasteiger partial charge in [0.25, 0.3) is 0 Å². The van der Waals surface area contributed by atoms with E-state index in [1.54, 1.807) is 0 Å². The van der Waals surface area contributed by atoms with Crippen LogP contribution < -0.4 is 5.73 Å². The van der Waals surface area contributed by atoms with Gasteiger partial charge in [0.1, 0.15) is 11.6 Å². The van der Waals surface area contributed by atoms with Crippen LogP contribution >= 0.6 is 23.2 Å². The van der Waals surface area contributed by atoms with Crippen molar-refractivity contribution in [2.24, 2.45) is 5.18 Å². The molecule has 4 atom stereocenters. The van der Waals surface area contributed by atoms with E-state index in [0.29, 0.717) is 11.2 Å². The van der Waals surface area contributed by atoms with E-state index >= 15 is 0 Å². The van der Waals surface area contributed by atoms with Crippen LogP contribution in [0.25, 0.3) is 11.2 Å². The smallest absolute Gasteiger partial charge is 0.222 e. The first-order valence-corrected chi connectivity index (χ1v) is 7.16. The number of aromatic nitrogens is 4. The van der Waals surface area contributed by atoms with Gasteiger partial charge in [-0.1, -0.05) is 22.7 Å². The molecule has 0 aliphatic carbocycles. The molecule has 3 heterocycles. The molecule has 9 nitrogen and oxygen atoms in total. The average molecular weight is 357 g/mol. The van der Waals surface area contributed by atoms with Gasteiger partial charge in [0.15, 0.2) is 22.8 Å². The number of aliphatic hydroxyl groups is 1. The van der Waals surface area contributed by atoms with E-state index in [2.05, 4.69) is 31.4 Å². The molecule has 3 N–H and O–H groups in total. The molecule has 0 amide bonds. The number of ether oxygens (including phenoxy) is 1. The zero-order valence-corrected chi connectivity index (χ0v) is 12.9. The van der Waals surface area contributed by atoms with Crippen molar-refractivity contribution in [1.29, 1.82) is 0 Å². The topological polar surface area (TPSA) is 129 Å². The van der Waals surface area contributed by atoms with Gasteiger partial charge in [0, 0.05) is 5.38 Å². The Hall–Kier alpha value is -1.99. The van der Waals surface area contributed by atoms with Gasteiger partial charge < -0.3 is 15.6 Å². The average Bonchev–Trinajstić information content (AvgIpc) is 3.05. The Balaban J connectivity index is 2.17. The predicted molar refractivity (Wildman–Crippen MR) is 82.5 cm³/mol. The molecule has 1 fully saturated rings. The van der Waals surface area contributed by atoms with E-state index in [1.807, 2.05) is 0 Å². The molecular weight excluding hydrogens is 347 g/mol. The number of imidazole rings is 1. The summed E-state index contributed by atoms with van der Waals surface area (Å²) in [5.41, 5.74) is 6.38. The Morgan fingerprint density at radius 3 is 3.00 bits per heavy atom. The van der Waals surface area contributed by atoms with E-state index < -0.39 is 29.9 Å². The third kappa shape index (κ3) is 2.40. The van der Waals surface area contributed by atoms with Crippen LogP contribution in [0.15, 0.2) is 17.7 Å². The maximum Gasteiger partial charge on any atom is 0.222 e. The van der Waals surface area contributed by atoms with E-state index in [4.69, 9.17) is 33.7 Å². The molecule has 2 aromatic heterocycles. The van der Waals surface area contributed by atoms with Crippen LogP contribution in [0.1, 0.15) is 6.23 Å². The van der Waals surface area contributed by atoms with Gasteiger partial charge in [0.05, 0.1) is 19.1 Å². The van der Waals surface area contributed by atoms with E-state index in [9.17, 15) is 10.0 Å². The lowest BCUT2D eigenvalue weighted by Gasteiger charge is -2.24. The highest BCUT2D eigenvalue weighted by atomic mass is 35.5. The first kappa shape index (κ1) is 15.9. The lowest BCUT2D eigenvalue weighted by molar-refractivity contribution is -0.0259. The molecule has 1 saturated heterocycles. The second kappa shape index (κ2) is 5.90. The summed E-state index contributed by atoms with van der Waals surface area (Å²) < 4.78 is 7.11. The van der Waals surface area contributed by atoms with Gasteiger partial charge >= 0.3 is 0 Å². The summed E-state index contributed by atoms with van der Waals surface area (Å²) >= 11 is 12.0. The molecule has 1 aliphatic rings. The molecule has 0 spiro atoms. The fourth-order valence-electron chi connectivity index (χ4n) is 2.53. The number of rotatable bonds is 3. The first-order valence-electron chi connectivity index (χ1n) is 6.40. The fourth-order valence-corrected chi connectivity index (χ4v) is 3.12. The number of nitrogens with zero attached hydrogens (tertiary/aromatic N) is 5. The normalized spacial score (nSPS) is 30.1. The summed E-state index contributed by atoms with van der Waals surface area (Å²) in [5.74, 6) is 2.56. The molecule has 1 unspecified atom stereocenters. The van der Waals surface area contributed by atoms with Crippen molar-refractivity contribution in [2.45, 2.75) is 23.2 Å². The second-order valence-electron chi connectivity index (χ2n) is 4.84. The Kier molecular flexibility index (Phi) is 4.08. The Morgan fingerprint density at radius 1 is 1.57 bits per heavy atom. The number of fused-ring (bicyclic) bond motifs is 1. The molecule has 11 heteroatoms. The van der Waals surface area contributed by atoms with Gasteiger partial charge in [-0.2, -0.15) is 9.89 Å². The van der Waals surface area contributed by atoms with E-state index in [1.165, 1.54) is 17.1 Å². The van der Waals surface area contributed by atoms with E-state index in [0.717, 1.165) is 0 Å². The maximum atomic E-state index is 11.2. The molecule has 0 bridgehead atoms. The molecule has 1 aliphatic heterocycles. The van der Waals surface area contributed by atoms with Crippen LogP contribution in [0, 0.1) is 16.2 Å². The Labute approximate surface area is 139 Å². The molecule has 2 aromatic rings. The number of alkyl halides is 1. The molecule has 23 heavy (non-hydrogen) atoms. The van der Waals surface area contributed by atoms with Gasteiger partial charge in [-0.15, -0.1) is 0 Å². The third-order valence-electron chi connectivity index (χ3n) is 3.57. The summed E-state index contributed by atoms with van der Waals surface area (Å²) in [7, 11) is 0. The summed E-state index contributed by atoms with van der Waals surface area (Å²) in [6.45, 7) is -0.463. The van der Waals surface area contributed by atoms with Gasteiger partial charge in [-0.25, -0.2) is 9.97 Å². The second-order valence-corrected chi connectivity index (χ2v) is 5.65. The van der Waals surface area contributed by atoms with Crippen LogP contribution in [0.4, 0.5) is 5.95 Å². The van der Waals surface area contributed by atoms with Crippen molar-refractivity contribution in [3.63, 3.8) is 0 Å². The number of hydrogen-bond acceptors (Lipinski definition) is 8. The molecule has 0 radical (unpaired) electrons. The minimum atomic E-state index is -1.59. The zero-order chi connectivity index (χ0) is 16.6. The van der Waals surface area contributed by atoms with Crippen LogP contribution in [0.5, 0.6) is 0 Å². The van der Waals surface area contributed by atoms with Crippen LogP contribution in [0.3, 0.4) is 0 Å². The minimum Gasteiger partial charge on any atom is -0.394 e. The van der Waals surface area contributed by atoms with Crippen molar-refractivity contribution >= 4 is 40.3 Å². The SMILES string of the molecule is Nc1ncc2ncn([C@@H]3O[C@H](CO)C(N=O)[C@]3(Cl)C#CCl)c2n1. The van der Waals surface area contributed by atoms with Gasteiger partial charge in [-0.3, -0.25) is 4.57 Å². The van der Waals surface area contributed by atoms with Crippen molar-refractivity contribution < 1.29 is 9.84 Å². The number of hydrogen-bond donors (Lipinski definition) is 2. The summed E-state index contributed by atoms with van der Waals surface area (Å²) in [5, 5.41) is 14.5. The van der Waals surface area contributed by atoms with Crippen molar-refractivity contribution in [1.82, 2.24) is 19.5 Å². The molecule has 0 aromatic carbocycles. The Morgan fingerprint density at radius 2 is 2.35 bits per heavy atom. The van der Waals surface area contributed by atoms with Gasteiger partial charge in [-0.05, 0) is 11.6 Å². The largest absolute Gasteiger partial charge is 0.394 e. The fraction of sp³-hybridized carbons (Fsp3) is 0.417. The van der Waals surface area contributed by atoms with Crippen LogP contribution in [-0.4, -0.2) is 48.3 Å². The number of aliphatic hydroxyl groups excluding tert-OH is 1. The third-order valence-corrected chi connectivity index (χ3v) is 4.16. The first-order chi connectivity index (χ1) is 11.0. The summed E-state index contributed by atoms with van der Waals surface area (Å²) in [4.78, 5) is 21.6. The number of halogens is 2. The Bertz CT molecular complexity index is 818. The highest BCUT2D eigenvalue weighted by molar-refractivity contribution is 6.32. The number of nitroso groups, excluding NO2 is 1. The maximum absolute atomic E-state index is 11.2. The number of nitrogens with two attached hydrogens (primary N) is 1. The van der Waals surface area contributed by atoms with Crippen LogP contribution in [0.2, 0.25) is 0 Å². The molecule has 0 saturated carbocycles. The summed E-state index contributed by atoms with van der Waals surface area (Å²) in [6.07, 6.45) is 0.891. The van der Waals surface area contributed by atoms with Crippen LogP contribution in [-0.2, 0) is 4.74 Å². The quantitative estimate of drug-likeness (QED) is 0.468. The molecular formula is C12H10Cl2N6O3. The minimum absolute atomic E-state index is 0.0321. The lowest BCUT2D eigenvalue weighted by Crippen LogP contribution is -2.39. The number of nitrogen functional groups attached to an aromatic ring is 1. The predicted octanol–water partition coefficient (Wildman–Crippen LogP) is 0.610. The lowest BCUT2D eigenvalue weighted by atomic mass is 9.97. The summed E-state index contributed by atoms with van der Waals surface area (Å²) in [6, 6.07) is -1.14. The highest BCUT2D eigenvalue weighted by Crippen LogP contribution is 2.45. The van der Waals surface area contributed by atoms with Crippen molar-refractivity contribution in [3.05, 3.63) is 17.4 Å². The van der Waals surface area contributed by atoms with Crippen molar-refractivity contribution in [3.8, 4) is 11.3 Å². The monoisotopic (exact) mass is 356 g/mol. The molecule has 3 rings (SSSR count). The molecule has 120 valence electrons. The zero-order valence-electron chi connectivity index (χ0n) is 11.4. The number of anilines is 1. The van der Waals surface area contributed by atoms with Crippen molar-refractivity contribution in [2.75, 3.05) is 12.3 Å². The van der Waals surface area contributed by atoms with E-state index in [-0.39, 0.29) is 5.95 Å². The van der Waals surface area contributed by atoms with Gasteiger partial charge in [0.2, 0.25) is 5.95 Å². The highest BCUT2D eigenvalue weighted by Gasteiger charge is 2.57. The standard InChI is InChI=1S/C12H10Cl2N6O3/c13-2-1-12(14)8(19-22)7(4-21)23-10(12)20-5-17-6-3-16-11(15)18-9(6)20/h3,5,7-8,10,21H,4H2,(H2,15,16,18)/t7-,8?,10-,12-/m1/s1.